The molecular formula is C61H52N2O. The molecule has 0 radical (unpaired) electrons. The van der Waals surface area contributed by atoms with Crippen molar-refractivity contribution in [1.82, 2.24) is 4.57 Å². The van der Waals surface area contributed by atoms with Gasteiger partial charge in [0.15, 0.2) is 0 Å². The molecule has 0 N–H and O–H groups in total. The van der Waals surface area contributed by atoms with Gasteiger partial charge in [0, 0.05) is 57.2 Å². The van der Waals surface area contributed by atoms with Crippen LogP contribution in [0.5, 0.6) is 0 Å². The summed E-state index contributed by atoms with van der Waals surface area (Å²) in [5.74, 6) is 2.11. The topological polar surface area (TPSA) is 17.4 Å². The zero-order valence-corrected chi connectivity index (χ0v) is 36.2. The highest BCUT2D eigenvalue weighted by molar-refractivity contribution is 5.99. The predicted octanol–water partition coefficient (Wildman–Crippen LogP) is 14.9. The van der Waals surface area contributed by atoms with Crippen molar-refractivity contribution in [2.75, 3.05) is 4.90 Å². The summed E-state index contributed by atoms with van der Waals surface area (Å²) in [7, 11) is 0. The molecular weight excluding hydrogens is 777 g/mol. The van der Waals surface area contributed by atoms with Crippen molar-refractivity contribution in [2.24, 2.45) is 11.8 Å². The molecule has 0 saturated carbocycles. The third kappa shape index (κ3) is 5.72. The van der Waals surface area contributed by atoms with E-state index in [1.165, 1.54) is 72.8 Å². The van der Waals surface area contributed by atoms with Crippen molar-refractivity contribution in [3.63, 3.8) is 0 Å². The Morgan fingerprint density at radius 3 is 2.33 bits per heavy atom. The largest absolute Gasteiger partial charge is 0.485 e. The fourth-order valence-corrected chi connectivity index (χ4v) is 12.7. The summed E-state index contributed by atoms with van der Waals surface area (Å²) in [6.45, 7) is 0. The molecule has 3 heteroatoms. The minimum Gasteiger partial charge on any atom is -0.485 e. The van der Waals surface area contributed by atoms with E-state index in [9.17, 15) is 0 Å². The molecule has 0 amide bonds. The van der Waals surface area contributed by atoms with Crippen LogP contribution in [0.3, 0.4) is 0 Å². The number of rotatable bonds is 7. The molecule has 1 aromatic heterocycles. The monoisotopic (exact) mass is 828 g/mol. The summed E-state index contributed by atoms with van der Waals surface area (Å²) in [5, 5.41) is 1.25. The van der Waals surface area contributed by atoms with E-state index in [4.69, 9.17) is 4.74 Å². The summed E-state index contributed by atoms with van der Waals surface area (Å²) in [5.41, 5.74) is 18.7. The number of para-hydroxylation sites is 1. The Hall–Kier alpha value is -6.84. The predicted molar refractivity (Wildman–Crippen MR) is 264 cm³/mol. The number of fused-ring (bicyclic) bond motifs is 8. The molecule has 7 aliphatic carbocycles. The SMILES string of the molecule is C1=CCCC(C2(c3ccccc3)C3=CC(N(c4ccc(C5C=CC=CC5)cc4)c4ccc5c(c4)c4c(n5-c5ccccc5)CCC5=C4OC4C=CC=CC54)=CCC3C3=C2CCC=C3)=C1. The molecule has 64 heavy (non-hydrogen) atoms. The van der Waals surface area contributed by atoms with Gasteiger partial charge in [-0.15, -0.1) is 0 Å². The first-order valence-corrected chi connectivity index (χ1v) is 23.7. The second-order valence-corrected chi connectivity index (χ2v) is 18.7. The summed E-state index contributed by atoms with van der Waals surface area (Å²) in [4.78, 5) is 2.56. The molecule has 5 aromatic rings. The number of benzene rings is 4. The van der Waals surface area contributed by atoms with Gasteiger partial charge >= 0.3 is 0 Å². The molecule has 4 aromatic carbocycles. The van der Waals surface area contributed by atoms with Crippen molar-refractivity contribution < 1.29 is 4.74 Å². The van der Waals surface area contributed by atoms with E-state index in [0.717, 1.165) is 57.1 Å². The Balaban J connectivity index is 1.02. The molecule has 0 bridgehead atoms. The quantitative estimate of drug-likeness (QED) is 0.163. The van der Waals surface area contributed by atoms with Crippen LogP contribution < -0.4 is 4.90 Å². The van der Waals surface area contributed by atoms with Gasteiger partial charge in [-0.05, 0) is 139 Å². The Kier molecular flexibility index (Phi) is 8.93. The van der Waals surface area contributed by atoms with Gasteiger partial charge in [0.05, 0.1) is 10.9 Å². The van der Waals surface area contributed by atoms with Gasteiger partial charge in [-0.3, -0.25) is 0 Å². The smallest absolute Gasteiger partial charge is 0.129 e. The first-order chi connectivity index (χ1) is 31.8. The molecule has 2 heterocycles. The molecule has 8 aliphatic rings. The molecule has 0 spiro atoms. The second-order valence-electron chi connectivity index (χ2n) is 18.7. The van der Waals surface area contributed by atoms with Crippen LogP contribution in [-0.4, -0.2) is 10.7 Å². The summed E-state index contributed by atoms with van der Waals surface area (Å²) < 4.78 is 9.51. The number of nitrogens with zero attached hydrogens (tertiary/aromatic N) is 2. The minimum absolute atomic E-state index is 0.0519. The van der Waals surface area contributed by atoms with E-state index in [2.05, 4.69) is 204 Å². The fraction of sp³-hybridized carbons (Fsp3) is 0.213. The van der Waals surface area contributed by atoms with Crippen LogP contribution in [0.4, 0.5) is 11.4 Å². The number of allylic oxidation sites excluding steroid dienone is 17. The van der Waals surface area contributed by atoms with Crippen LogP contribution in [0.25, 0.3) is 22.3 Å². The number of hydrogen-bond donors (Lipinski definition) is 0. The molecule has 0 fully saturated rings. The Bertz CT molecular complexity index is 3080. The van der Waals surface area contributed by atoms with Crippen LogP contribution in [0.15, 0.2) is 228 Å². The first kappa shape index (κ1) is 37.7. The van der Waals surface area contributed by atoms with Crippen LogP contribution in [-0.2, 0) is 16.6 Å². The van der Waals surface area contributed by atoms with Crippen LogP contribution in [0.2, 0.25) is 0 Å². The number of anilines is 2. The zero-order chi connectivity index (χ0) is 42.2. The van der Waals surface area contributed by atoms with Gasteiger partial charge in [-0.2, -0.15) is 0 Å². The maximum Gasteiger partial charge on any atom is 0.129 e. The highest BCUT2D eigenvalue weighted by atomic mass is 16.5. The lowest BCUT2D eigenvalue weighted by Crippen LogP contribution is -2.34. The average Bonchev–Trinajstić information content (AvgIpc) is 4.01. The maximum absolute atomic E-state index is 7.00. The van der Waals surface area contributed by atoms with E-state index in [1.807, 2.05) is 0 Å². The lowest BCUT2D eigenvalue weighted by molar-refractivity contribution is 0.212. The number of ether oxygens (including phenoxy) is 1. The average molecular weight is 829 g/mol. The van der Waals surface area contributed by atoms with Crippen LogP contribution >= 0.6 is 0 Å². The van der Waals surface area contributed by atoms with E-state index in [1.54, 1.807) is 11.1 Å². The second kappa shape index (κ2) is 15.2. The van der Waals surface area contributed by atoms with Gasteiger partial charge in [0.1, 0.15) is 11.9 Å². The Labute approximate surface area is 377 Å². The lowest BCUT2D eigenvalue weighted by atomic mass is 9.62. The van der Waals surface area contributed by atoms with E-state index in [-0.39, 0.29) is 11.5 Å². The summed E-state index contributed by atoms with van der Waals surface area (Å²) >= 11 is 0. The van der Waals surface area contributed by atoms with E-state index in [0.29, 0.717) is 17.8 Å². The van der Waals surface area contributed by atoms with Crippen LogP contribution in [0, 0.1) is 11.8 Å². The van der Waals surface area contributed by atoms with Gasteiger partial charge in [0.25, 0.3) is 0 Å². The third-order valence-electron chi connectivity index (χ3n) is 15.4. The highest BCUT2D eigenvalue weighted by Crippen LogP contribution is 2.62. The standard InChI is InChI=1S/C61H52N2O/c1-5-17-41(18-6-1)42-29-31-46(32-30-42)62(48-33-35-50-49-25-13-15-27-54(49)61(55(50)40-48,43-19-7-2-8-20-43)44-21-9-3-10-22-44)47-34-37-56-53(39-47)59-57(63(56)45-23-11-4-12-24-45)38-36-52-51-26-14-16-28-58(51)64-60(52)59/h1-9,11-14,16-17,19-21,23-26,28-34,37,39-41,50-51,58H,10,15,18,22,27,35-36,38H2. The van der Waals surface area contributed by atoms with Crippen molar-refractivity contribution in [2.45, 2.75) is 68.8 Å². The summed E-state index contributed by atoms with van der Waals surface area (Å²) in [6, 6.07) is 39.1. The molecule has 5 unspecified atom stereocenters. The molecule has 1 aliphatic heterocycles. The Morgan fingerprint density at radius 1 is 0.688 bits per heavy atom. The number of hydrogen-bond acceptors (Lipinski definition) is 2. The normalized spacial score (nSPS) is 25.9. The van der Waals surface area contributed by atoms with Gasteiger partial charge in [0.2, 0.25) is 0 Å². The number of aromatic nitrogens is 1. The van der Waals surface area contributed by atoms with Gasteiger partial charge < -0.3 is 14.2 Å². The van der Waals surface area contributed by atoms with Gasteiger partial charge in [-0.1, -0.05) is 145 Å². The zero-order valence-electron chi connectivity index (χ0n) is 36.2. The van der Waals surface area contributed by atoms with Gasteiger partial charge in [-0.25, -0.2) is 0 Å². The molecule has 312 valence electrons. The van der Waals surface area contributed by atoms with Crippen LogP contribution in [0.1, 0.15) is 73.2 Å². The fourth-order valence-electron chi connectivity index (χ4n) is 12.7. The van der Waals surface area contributed by atoms with Crippen molar-refractivity contribution in [3.05, 3.63) is 250 Å². The molecule has 0 saturated heterocycles. The van der Waals surface area contributed by atoms with Crippen molar-refractivity contribution in [1.29, 1.82) is 0 Å². The minimum atomic E-state index is -0.273. The third-order valence-corrected chi connectivity index (χ3v) is 15.4. The van der Waals surface area contributed by atoms with E-state index < -0.39 is 0 Å². The summed E-state index contributed by atoms with van der Waals surface area (Å²) in [6.07, 6.45) is 43.4. The Morgan fingerprint density at radius 2 is 1.50 bits per heavy atom. The van der Waals surface area contributed by atoms with E-state index >= 15 is 0 Å². The molecule has 5 atom stereocenters. The highest BCUT2D eigenvalue weighted by Gasteiger charge is 2.53. The first-order valence-electron chi connectivity index (χ1n) is 23.7. The maximum atomic E-state index is 7.00. The van der Waals surface area contributed by atoms with Crippen molar-refractivity contribution >= 4 is 28.0 Å². The lowest BCUT2D eigenvalue weighted by Gasteiger charge is -2.41. The molecule has 3 nitrogen and oxygen atoms in total. The van der Waals surface area contributed by atoms with Crippen molar-refractivity contribution in [3.8, 4) is 5.69 Å². The molecule has 13 rings (SSSR count).